The van der Waals surface area contributed by atoms with Gasteiger partial charge in [0.25, 0.3) is 0 Å². The summed E-state index contributed by atoms with van der Waals surface area (Å²) in [7, 11) is 0. The van der Waals surface area contributed by atoms with Crippen LogP contribution in [-0.4, -0.2) is 60.1 Å². The van der Waals surface area contributed by atoms with Gasteiger partial charge in [-0.2, -0.15) is 0 Å². The molecule has 0 bridgehead atoms. The molecular formula is C21H36N2O2. The summed E-state index contributed by atoms with van der Waals surface area (Å²) in [5.74, 6) is 0.947. The SMILES string of the molecule is O=C(CC1CCOC2(CCN(C3CCCCC3)CC2)C1)N1CCCC1. The van der Waals surface area contributed by atoms with Gasteiger partial charge in [0.05, 0.1) is 5.60 Å². The second kappa shape index (κ2) is 7.96. The van der Waals surface area contributed by atoms with Crippen LogP contribution in [-0.2, 0) is 9.53 Å². The summed E-state index contributed by atoms with van der Waals surface area (Å²) in [6, 6.07) is 0.835. The Balaban J connectivity index is 1.28. The van der Waals surface area contributed by atoms with Crippen molar-refractivity contribution in [1.82, 2.24) is 9.80 Å². The van der Waals surface area contributed by atoms with Crippen LogP contribution in [0.25, 0.3) is 0 Å². The van der Waals surface area contributed by atoms with Gasteiger partial charge >= 0.3 is 0 Å². The third kappa shape index (κ3) is 4.21. The minimum Gasteiger partial charge on any atom is -0.375 e. The molecule has 0 aromatic carbocycles. The van der Waals surface area contributed by atoms with Gasteiger partial charge in [-0.1, -0.05) is 19.3 Å². The van der Waals surface area contributed by atoms with Crippen LogP contribution in [0.1, 0.15) is 77.0 Å². The summed E-state index contributed by atoms with van der Waals surface area (Å²) in [5, 5.41) is 0. The van der Waals surface area contributed by atoms with Crippen LogP contribution >= 0.6 is 0 Å². The lowest BCUT2D eigenvalue weighted by atomic mass is 9.77. The number of carbonyl (C=O) groups excluding carboxylic acids is 1. The highest BCUT2D eigenvalue weighted by atomic mass is 16.5. The highest BCUT2D eigenvalue weighted by molar-refractivity contribution is 5.76. The minimum absolute atomic E-state index is 0.0827. The maximum absolute atomic E-state index is 12.5. The maximum atomic E-state index is 12.5. The molecule has 0 N–H and O–H groups in total. The molecule has 4 fully saturated rings. The van der Waals surface area contributed by atoms with Gasteiger partial charge < -0.3 is 14.5 Å². The Morgan fingerprint density at radius 2 is 1.64 bits per heavy atom. The molecule has 1 aliphatic carbocycles. The van der Waals surface area contributed by atoms with Crippen molar-refractivity contribution in [3.8, 4) is 0 Å². The first-order valence-corrected chi connectivity index (χ1v) is 10.9. The van der Waals surface area contributed by atoms with E-state index in [4.69, 9.17) is 4.74 Å². The molecule has 1 amide bonds. The zero-order valence-corrected chi connectivity index (χ0v) is 15.9. The second-order valence-corrected chi connectivity index (χ2v) is 9.01. The first-order chi connectivity index (χ1) is 12.2. The summed E-state index contributed by atoms with van der Waals surface area (Å²) < 4.78 is 6.33. The summed E-state index contributed by atoms with van der Waals surface area (Å²) in [6.07, 6.45) is 14.8. The molecule has 0 aromatic rings. The van der Waals surface area contributed by atoms with E-state index < -0.39 is 0 Å². The third-order valence-corrected chi connectivity index (χ3v) is 7.32. The Hall–Kier alpha value is -0.610. The van der Waals surface area contributed by atoms with Crippen LogP contribution in [0.15, 0.2) is 0 Å². The van der Waals surface area contributed by atoms with Gasteiger partial charge in [0, 0.05) is 45.2 Å². The van der Waals surface area contributed by atoms with Crippen molar-refractivity contribution in [2.75, 3.05) is 32.8 Å². The maximum Gasteiger partial charge on any atom is 0.222 e. The molecule has 4 heteroatoms. The fourth-order valence-corrected chi connectivity index (χ4v) is 5.74. The largest absolute Gasteiger partial charge is 0.375 e. The van der Waals surface area contributed by atoms with Crippen molar-refractivity contribution in [3.63, 3.8) is 0 Å². The van der Waals surface area contributed by atoms with Gasteiger partial charge in [0.1, 0.15) is 0 Å². The molecule has 25 heavy (non-hydrogen) atoms. The molecule has 3 aliphatic heterocycles. The van der Waals surface area contributed by atoms with Crippen LogP contribution in [0, 0.1) is 5.92 Å². The van der Waals surface area contributed by atoms with E-state index in [0.29, 0.717) is 11.8 Å². The zero-order valence-electron chi connectivity index (χ0n) is 15.9. The predicted molar refractivity (Wildman–Crippen MR) is 99.5 cm³/mol. The van der Waals surface area contributed by atoms with Crippen LogP contribution in [0.3, 0.4) is 0 Å². The molecule has 3 saturated heterocycles. The number of hydrogen-bond donors (Lipinski definition) is 0. The Bertz CT molecular complexity index is 447. The monoisotopic (exact) mass is 348 g/mol. The van der Waals surface area contributed by atoms with Crippen molar-refractivity contribution in [3.05, 3.63) is 0 Å². The van der Waals surface area contributed by atoms with E-state index in [1.807, 2.05) is 0 Å². The van der Waals surface area contributed by atoms with Gasteiger partial charge in [0.2, 0.25) is 5.91 Å². The van der Waals surface area contributed by atoms with E-state index in [9.17, 15) is 4.79 Å². The number of piperidine rings is 1. The third-order valence-electron chi connectivity index (χ3n) is 7.32. The van der Waals surface area contributed by atoms with Crippen molar-refractivity contribution in [2.24, 2.45) is 5.92 Å². The Kier molecular flexibility index (Phi) is 5.66. The van der Waals surface area contributed by atoms with Crippen molar-refractivity contribution in [2.45, 2.75) is 88.7 Å². The Morgan fingerprint density at radius 3 is 2.36 bits per heavy atom. The van der Waals surface area contributed by atoms with Crippen LogP contribution in [0.5, 0.6) is 0 Å². The standard InChI is InChI=1S/C21H36N2O2/c24-20(23-11-4-5-12-23)16-18-8-15-25-21(17-18)9-13-22(14-10-21)19-6-2-1-3-7-19/h18-19H,1-17H2. The Morgan fingerprint density at radius 1 is 0.920 bits per heavy atom. The number of amides is 1. The van der Waals surface area contributed by atoms with Crippen molar-refractivity contribution < 1.29 is 9.53 Å². The predicted octanol–water partition coefficient (Wildman–Crippen LogP) is 3.59. The lowest BCUT2D eigenvalue weighted by Gasteiger charge is -2.48. The molecule has 142 valence electrons. The number of rotatable bonds is 3. The van der Waals surface area contributed by atoms with Gasteiger partial charge in [-0.25, -0.2) is 0 Å². The van der Waals surface area contributed by atoms with Gasteiger partial charge in [0.15, 0.2) is 0 Å². The van der Waals surface area contributed by atoms with E-state index in [-0.39, 0.29) is 5.60 Å². The molecular weight excluding hydrogens is 312 g/mol. The lowest BCUT2D eigenvalue weighted by molar-refractivity contribution is -0.143. The van der Waals surface area contributed by atoms with Gasteiger partial charge in [-0.15, -0.1) is 0 Å². The first kappa shape index (κ1) is 17.8. The molecule has 0 aromatic heterocycles. The number of likely N-dealkylation sites (tertiary alicyclic amines) is 2. The average molecular weight is 349 g/mol. The van der Waals surface area contributed by atoms with Gasteiger partial charge in [-0.3, -0.25) is 4.79 Å². The highest BCUT2D eigenvalue weighted by Gasteiger charge is 2.42. The fourth-order valence-electron chi connectivity index (χ4n) is 5.74. The van der Waals surface area contributed by atoms with Crippen LogP contribution in [0.2, 0.25) is 0 Å². The number of nitrogens with zero attached hydrogens (tertiary/aromatic N) is 2. The van der Waals surface area contributed by atoms with Crippen molar-refractivity contribution >= 4 is 5.91 Å². The first-order valence-electron chi connectivity index (χ1n) is 10.9. The summed E-state index contributed by atoms with van der Waals surface area (Å²) in [6.45, 7) is 5.25. The smallest absolute Gasteiger partial charge is 0.222 e. The van der Waals surface area contributed by atoms with Gasteiger partial charge in [-0.05, 0) is 57.3 Å². The normalized spacial score (nSPS) is 31.5. The molecule has 4 nitrogen and oxygen atoms in total. The molecule has 4 aliphatic rings. The average Bonchev–Trinajstić information content (AvgIpc) is 3.18. The number of hydrogen-bond acceptors (Lipinski definition) is 3. The van der Waals surface area contributed by atoms with Crippen LogP contribution in [0.4, 0.5) is 0 Å². The molecule has 1 spiro atoms. The molecule has 0 radical (unpaired) electrons. The molecule has 4 rings (SSSR count). The number of carbonyl (C=O) groups is 1. The highest BCUT2D eigenvalue weighted by Crippen LogP contribution is 2.40. The zero-order chi connectivity index (χ0) is 17.1. The molecule has 1 unspecified atom stereocenters. The molecule has 3 heterocycles. The second-order valence-electron chi connectivity index (χ2n) is 9.01. The van der Waals surface area contributed by atoms with Crippen LogP contribution < -0.4 is 0 Å². The van der Waals surface area contributed by atoms with E-state index in [0.717, 1.165) is 45.0 Å². The fraction of sp³-hybridized carbons (Fsp3) is 0.952. The topological polar surface area (TPSA) is 32.8 Å². The number of ether oxygens (including phenoxy) is 1. The summed E-state index contributed by atoms with van der Waals surface area (Å²) >= 11 is 0. The lowest BCUT2D eigenvalue weighted by Crippen LogP contribution is -2.52. The van der Waals surface area contributed by atoms with E-state index in [1.165, 1.54) is 70.9 Å². The van der Waals surface area contributed by atoms with Crippen molar-refractivity contribution in [1.29, 1.82) is 0 Å². The quantitative estimate of drug-likeness (QED) is 0.781. The van der Waals surface area contributed by atoms with E-state index in [1.54, 1.807) is 0 Å². The molecule has 1 saturated carbocycles. The summed E-state index contributed by atoms with van der Waals surface area (Å²) in [5.41, 5.74) is 0.0827. The Labute approximate surface area is 153 Å². The summed E-state index contributed by atoms with van der Waals surface area (Å²) in [4.78, 5) is 17.4. The molecule has 1 atom stereocenters. The minimum atomic E-state index is 0.0827. The van der Waals surface area contributed by atoms with E-state index in [2.05, 4.69) is 9.80 Å². The van der Waals surface area contributed by atoms with E-state index >= 15 is 0 Å².